The number of amides is 2. The van der Waals surface area contributed by atoms with Gasteiger partial charge in [0.05, 0.1) is 10.6 Å². The smallest absolute Gasteiger partial charge is 0.290 e. The summed E-state index contributed by atoms with van der Waals surface area (Å²) in [7, 11) is 0. The Kier molecular flexibility index (Phi) is 3.78. The van der Waals surface area contributed by atoms with Gasteiger partial charge in [-0.15, -0.1) is 0 Å². The Labute approximate surface area is 143 Å². The molecule has 2 aliphatic heterocycles. The molecule has 2 amide bonds. The van der Waals surface area contributed by atoms with Gasteiger partial charge in [-0.2, -0.15) is 0 Å². The zero-order chi connectivity index (χ0) is 16.5. The number of aromatic nitrogens is 2. The number of fused-ring (bicyclic) bond motifs is 1. The monoisotopic (exact) mass is 338 g/mol. The third kappa shape index (κ3) is 2.90. The number of nitrogens with one attached hydrogen (secondary N) is 1. The van der Waals surface area contributed by atoms with Crippen LogP contribution in [-0.2, 0) is 17.8 Å². The van der Waals surface area contributed by atoms with Gasteiger partial charge in [-0.1, -0.05) is 24.3 Å². The molecule has 0 bridgehead atoms. The van der Waals surface area contributed by atoms with E-state index >= 15 is 0 Å². The van der Waals surface area contributed by atoms with Crippen LogP contribution in [0.4, 0.5) is 10.7 Å². The Morgan fingerprint density at radius 1 is 1.17 bits per heavy atom. The van der Waals surface area contributed by atoms with Crippen LogP contribution in [0.15, 0.2) is 41.4 Å². The Hall–Kier alpha value is -2.67. The van der Waals surface area contributed by atoms with Crippen LogP contribution in [0.1, 0.15) is 16.8 Å². The van der Waals surface area contributed by atoms with Gasteiger partial charge in [-0.3, -0.25) is 14.9 Å². The van der Waals surface area contributed by atoms with Crippen molar-refractivity contribution in [2.75, 3.05) is 11.4 Å². The van der Waals surface area contributed by atoms with Gasteiger partial charge in [0.1, 0.15) is 0 Å². The number of carbonyl (C=O) groups is 2. The first-order chi connectivity index (χ1) is 11.7. The van der Waals surface area contributed by atoms with Crippen LogP contribution < -0.4 is 10.2 Å². The second-order valence-electron chi connectivity index (χ2n) is 5.57. The molecule has 1 aromatic carbocycles. The predicted octanol–water partition coefficient (Wildman–Crippen LogP) is 2.36. The highest BCUT2D eigenvalue weighted by Gasteiger charge is 2.25. The molecule has 0 spiro atoms. The fourth-order valence-electron chi connectivity index (χ4n) is 2.82. The summed E-state index contributed by atoms with van der Waals surface area (Å²) in [5, 5.41) is 1.89. The van der Waals surface area contributed by atoms with E-state index < -0.39 is 0 Å². The van der Waals surface area contributed by atoms with Crippen LogP contribution in [0, 0.1) is 0 Å². The van der Waals surface area contributed by atoms with Crippen molar-refractivity contribution in [1.82, 2.24) is 15.3 Å². The number of anilines is 1. The van der Waals surface area contributed by atoms with Crippen molar-refractivity contribution in [3.05, 3.63) is 58.3 Å². The van der Waals surface area contributed by atoms with Gasteiger partial charge in [0.2, 0.25) is 5.95 Å². The van der Waals surface area contributed by atoms with Gasteiger partial charge in [0.25, 0.3) is 11.1 Å². The average molecular weight is 338 g/mol. The number of imide groups is 1. The highest BCUT2D eigenvalue weighted by atomic mass is 32.2. The fourth-order valence-corrected chi connectivity index (χ4v) is 3.48. The molecular formula is C17H14N4O2S. The van der Waals surface area contributed by atoms with Crippen LogP contribution >= 0.6 is 11.8 Å². The van der Waals surface area contributed by atoms with E-state index in [4.69, 9.17) is 0 Å². The lowest BCUT2D eigenvalue weighted by Crippen LogP contribution is -2.31. The van der Waals surface area contributed by atoms with Crippen molar-refractivity contribution in [3.8, 4) is 0 Å². The number of rotatable bonds is 2. The maximum absolute atomic E-state index is 11.6. The second kappa shape index (κ2) is 6.09. The Morgan fingerprint density at radius 2 is 2.00 bits per heavy atom. The number of benzene rings is 1. The molecule has 0 unspecified atom stereocenters. The Bertz CT molecular complexity index is 865. The van der Waals surface area contributed by atoms with Crippen molar-refractivity contribution in [2.45, 2.75) is 13.0 Å². The Morgan fingerprint density at radius 3 is 2.79 bits per heavy atom. The molecule has 0 saturated carbocycles. The first-order valence-electron chi connectivity index (χ1n) is 7.59. The summed E-state index contributed by atoms with van der Waals surface area (Å²) < 4.78 is 0. The van der Waals surface area contributed by atoms with Crippen molar-refractivity contribution < 1.29 is 9.59 Å². The standard InChI is InChI=1S/C17H14N4O2S/c22-15-14(24-17(23)20-15)9-13-5-7-18-16(19-13)21-8-6-11-3-1-2-4-12(11)10-21/h1-5,7,9H,6,8,10H2,(H,20,22,23)/b14-9+. The van der Waals surface area contributed by atoms with E-state index in [1.54, 1.807) is 18.3 Å². The summed E-state index contributed by atoms with van der Waals surface area (Å²) in [6.07, 6.45) is 4.25. The first-order valence-corrected chi connectivity index (χ1v) is 8.40. The molecule has 24 heavy (non-hydrogen) atoms. The third-order valence-electron chi connectivity index (χ3n) is 4.00. The molecule has 0 aliphatic carbocycles. The normalized spacial score (nSPS) is 18.7. The van der Waals surface area contributed by atoms with Crippen molar-refractivity contribution in [3.63, 3.8) is 0 Å². The van der Waals surface area contributed by atoms with Crippen LogP contribution in [-0.4, -0.2) is 27.7 Å². The summed E-state index contributed by atoms with van der Waals surface area (Å²) in [5.41, 5.74) is 3.27. The van der Waals surface area contributed by atoms with Gasteiger partial charge in [-0.05, 0) is 41.5 Å². The lowest BCUT2D eigenvalue weighted by molar-refractivity contribution is -0.115. The Balaban J connectivity index is 1.59. The van der Waals surface area contributed by atoms with Gasteiger partial charge >= 0.3 is 0 Å². The van der Waals surface area contributed by atoms with E-state index in [0.29, 0.717) is 16.5 Å². The largest absolute Gasteiger partial charge is 0.336 e. The molecule has 1 fully saturated rings. The van der Waals surface area contributed by atoms with Crippen LogP contribution in [0.2, 0.25) is 0 Å². The minimum atomic E-state index is -0.378. The highest BCUT2D eigenvalue weighted by Crippen LogP contribution is 2.26. The molecule has 1 aromatic heterocycles. The molecule has 1 saturated heterocycles. The number of hydrogen-bond donors (Lipinski definition) is 1. The molecule has 2 aliphatic rings. The zero-order valence-electron chi connectivity index (χ0n) is 12.7. The SMILES string of the molecule is O=C1NC(=O)/C(=C\c2ccnc(N3CCc4ccccc4C3)n2)S1. The summed E-state index contributed by atoms with van der Waals surface area (Å²) >= 11 is 0.888. The van der Waals surface area contributed by atoms with E-state index in [0.717, 1.165) is 31.3 Å². The molecule has 0 atom stereocenters. The van der Waals surface area contributed by atoms with Gasteiger partial charge < -0.3 is 4.90 Å². The fraction of sp³-hybridized carbons (Fsp3) is 0.176. The van der Waals surface area contributed by atoms with E-state index in [-0.39, 0.29) is 11.1 Å². The lowest BCUT2D eigenvalue weighted by Gasteiger charge is -2.28. The summed E-state index contributed by atoms with van der Waals surface area (Å²) in [5.74, 6) is 0.255. The predicted molar refractivity (Wildman–Crippen MR) is 92.3 cm³/mol. The number of nitrogens with zero attached hydrogens (tertiary/aromatic N) is 3. The summed E-state index contributed by atoms with van der Waals surface area (Å²) in [4.78, 5) is 34.2. The zero-order valence-corrected chi connectivity index (χ0v) is 13.5. The minimum absolute atomic E-state index is 0.354. The van der Waals surface area contributed by atoms with E-state index in [9.17, 15) is 9.59 Å². The molecule has 7 heteroatoms. The molecule has 120 valence electrons. The van der Waals surface area contributed by atoms with E-state index in [1.807, 2.05) is 6.07 Å². The molecule has 0 radical (unpaired) electrons. The maximum Gasteiger partial charge on any atom is 0.290 e. The van der Waals surface area contributed by atoms with Crippen LogP contribution in [0.3, 0.4) is 0 Å². The number of carbonyl (C=O) groups excluding carboxylic acids is 2. The number of hydrogen-bond acceptors (Lipinski definition) is 6. The van der Waals surface area contributed by atoms with Crippen LogP contribution in [0.25, 0.3) is 6.08 Å². The summed E-state index contributed by atoms with van der Waals surface area (Å²) in [6.45, 7) is 1.62. The molecule has 1 N–H and O–H groups in total. The first kappa shape index (κ1) is 14.9. The van der Waals surface area contributed by atoms with Crippen molar-refractivity contribution in [1.29, 1.82) is 0 Å². The number of thioether (sulfide) groups is 1. The van der Waals surface area contributed by atoms with Crippen LogP contribution in [0.5, 0.6) is 0 Å². The second-order valence-corrected chi connectivity index (χ2v) is 6.59. The minimum Gasteiger partial charge on any atom is -0.336 e. The summed E-state index contributed by atoms with van der Waals surface area (Å²) in [6, 6.07) is 10.1. The molecule has 2 aromatic rings. The third-order valence-corrected chi connectivity index (χ3v) is 4.81. The maximum atomic E-state index is 11.6. The van der Waals surface area contributed by atoms with Crippen molar-refractivity contribution in [2.24, 2.45) is 0 Å². The van der Waals surface area contributed by atoms with Gasteiger partial charge in [0, 0.05) is 19.3 Å². The quantitative estimate of drug-likeness (QED) is 0.847. The molecular weight excluding hydrogens is 324 g/mol. The molecule has 4 rings (SSSR count). The molecule has 3 heterocycles. The highest BCUT2D eigenvalue weighted by molar-refractivity contribution is 8.18. The average Bonchev–Trinajstić information content (AvgIpc) is 2.92. The van der Waals surface area contributed by atoms with E-state index in [1.165, 1.54) is 11.1 Å². The lowest BCUT2D eigenvalue weighted by atomic mass is 10.0. The van der Waals surface area contributed by atoms with E-state index in [2.05, 4.69) is 38.4 Å². The van der Waals surface area contributed by atoms with Gasteiger partial charge in [-0.25, -0.2) is 9.97 Å². The topological polar surface area (TPSA) is 75.2 Å². The molecule has 6 nitrogen and oxygen atoms in total. The van der Waals surface area contributed by atoms with Crippen molar-refractivity contribution >= 4 is 34.9 Å². The van der Waals surface area contributed by atoms with Gasteiger partial charge in [0.15, 0.2) is 0 Å².